The number of hydrogen-bond donors (Lipinski definition) is 0. The van der Waals surface area contributed by atoms with E-state index in [0.29, 0.717) is 0 Å². The molecule has 11 rings (SSSR count). The van der Waals surface area contributed by atoms with Crippen molar-refractivity contribution in [2.24, 2.45) is 0 Å². The lowest BCUT2D eigenvalue weighted by atomic mass is 9.86. The van der Waals surface area contributed by atoms with Crippen LogP contribution < -0.4 is 4.90 Å². The standard InChI is InChI=1S/C58H44N2O/c1-58(2,3)45-25-34-56-52(37-45)53-38-49(32-35-57(53)61-56)60-54-17-11-10-16-50(54)51-36-44(24-33-55(51)60)43-22-30-48(31-23-43)59(46-26-18-41(19-27-46)39-12-6-4-7-13-39)47-28-20-42(21-29-47)40-14-8-5-9-15-40/h4-38H,1-3H3. The number of furan rings is 1. The number of hydrogen-bond acceptors (Lipinski definition) is 2. The average molecular weight is 785 g/mol. The number of nitrogens with zero attached hydrogens (tertiary/aromatic N) is 2. The Balaban J connectivity index is 0.972. The summed E-state index contributed by atoms with van der Waals surface area (Å²) in [4.78, 5) is 2.34. The molecule has 9 aromatic carbocycles. The lowest BCUT2D eigenvalue weighted by Crippen LogP contribution is -2.10. The lowest BCUT2D eigenvalue weighted by Gasteiger charge is -2.26. The minimum absolute atomic E-state index is 0.0455. The van der Waals surface area contributed by atoms with Crippen molar-refractivity contribution in [1.29, 1.82) is 0 Å². The molecule has 2 aromatic heterocycles. The Morgan fingerprint density at radius 1 is 0.361 bits per heavy atom. The van der Waals surface area contributed by atoms with Crippen molar-refractivity contribution in [2.75, 3.05) is 4.90 Å². The van der Waals surface area contributed by atoms with Gasteiger partial charge in [0, 0.05) is 44.3 Å². The number of rotatable bonds is 7. The fourth-order valence-corrected chi connectivity index (χ4v) is 8.92. The first kappa shape index (κ1) is 36.5. The summed E-state index contributed by atoms with van der Waals surface area (Å²) in [6.45, 7) is 6.78. The third-order valence-electron chi connectivity index (χ3n) is 12.2. The fourth-order valence-electron chi connectivity index (χ4n) is 8.92. The summed E-state index contributed by atoms with van der Waals surface area (Å²) in [5, 5.41) is 4.74. The lowest BCUT2D eigenvalue weighted by molar-refractivity contribution is 0.590. The summed E-state index contributed by atoms with van der Waals surface area (Å²) in [5.74, 6) is 0. The molecule has 0 radical (unpaired) electrons. The molecule has 3 heteroatoms. The highest BCUT2D eigenvalue weighted by Gasteiger charge is 2.19. The highest BCUT2D eigenvalue weighted by molar-refractivity contribution is 6.11. The van der Waals surface area contributed by atoms with Crippen molar-refractivity contribution < 1.29 is 4.42 Å². The van der Waals surface area contributed by atoms with Gasteiger partial charge >= 0.3 is 0 Å². The van der Waals surface area contributed by atoms with Crippen molar-refractivity contribution in [3.8, 4) is 39.1 Å². The predicted molar refractivity (Wildman–Crippen MR) is 258 cm³/mol. The molecule has 292 valence electrons. The van der Waals surface area contributed by atoms with E-state index in [-0.39, 0.29) is 5.41 Å². The molecule has 0 N–H and O–H groups in total. The summed E-state index contributed by atoms with van der Waals surface area (Å²) in [6.07, 6.45) is 0. The maximum Gasteiger partial charge on any atom is 0.135 e. The van der Waals surface area contributed by atoms with Crippen molar-refractivity contribution in [3.05, 3.63) is 218 Å². The maximum atomic E-state index is 6.34. The highest BCUT2D eigenvalue weighted by atomic mass is 16.3. The van der Waals surface area contributed by atoms with Gasteiger partial charge in [0.05, 0.1) is 11.0 Å². The highest BCUT2D eigenvalue weighted by Crippen LogP contribution is 2.41. The third kappa shape index (κ3) is 6.56. The topological polar surface area (TPSA) is 21.3 Å². The van der Waals surface area contributed by atoms with E-state index in [4.69, 9.17) is 4.42 Å². The van der Waals surface area contributed by atoms with Gasteiger partial charge in [-0.3, -0.25) is 0 Å². The van der Waals surface area contributed by atoms with E-state index in [9.17, 15) is 0 Å². The van der Waals surface area contributed by atoms with E-state index in [0.717, 1.165) is 44.7 Å². The Morgan fingerprint density at radius 3 is 1.39 bits per heavy atom. The summed E-state index contributed by atoms with van der Waals surface area (Å²) in [5.41, 5.74) is 17.1. The van der Waals surface area contributed by atoms with Gasteiger partial charge in [-0.05, 0) is 129 Å². The zero-order valence-electron chi connectivity index (χ0n) is 34.5. The fraction of sp³-hybridized carbons (Fsp3) is 0.0690. The van der Waals surface area contributed by atoms with Crippen LogP contribution in [0.2, 0.25) is 0 Å². The molecule has 0 unspecified atom stereocenters. The van der Waals surface area contributed by atoms with E-state index < -0.39 is 0 Å². The number of aromatic nitrogens is 1. The molecule has 0 saturated carbocycles. The summed E-state index contributed by atoms with van der Waals surface area (Å²) < 4.78 is 8.73. The second-order valence-electron chi connectivity index (χ2n) is 17.0. The first-order valence-corrected chi connectivity index (χ1v) is 21.1. The molecular weight excluding hydrogens is 741 g/mol. The van der Waals surface area contributed by atoms with Gasteiger partial charge in [0.25, 0.3) is 0 Å². The van der Waals surface area contributed by atoms with Crippen LogP contribution in [0.5, 0.6) is 0 Å². The summed E-state index contributed by atoms with van der Waals surface area (Å²) in [7, 11) is 0. The SMILES string of the molecule is CC(C)(C)c1ccc2oc3ccc(-n4c5ccccc5c5cc(-c6ccc(N(c7ccc(-c8ccccc8)cc7)c7ccc(-c8ccccc8)cc7)cc6)ccc54)cc3c2c1. The first-order valence-electron chi connectivity index (χ1n) is 21.1. The smallest absolute Gasteiger partial charge is 0.135 e. The second-order valence-corrected chi connectivity index (χ2v) is 17.0. The molecule has 0 saturated heterocycles. The Bertz CT molecular complexity index is 3270. The molecule has 0 aliphatic heterocycles. The van der Waals surface area contributed by atoms with Gasteiger partial charge < -0.3 is 13.9 Å². The van der Waals surface area contributed by atoms with Crippen molar-refractivity contribution in [2.45, 2.75) is 26.2 Å². The van der Waals surface area contributed by atoms with Crippen molar-refractivity contribution >= 4 is 60.8 Å². The van der Waals surface area contributed by atoms with Gasteiger partial charge in [-0.2, -0.15) is 0 Å². The molecule has 0 spiro atoms. The molecule has 61 heavy (non-hydrogen) atoms. The van der Waals surface area contributed by atoms with Gasteiger partial charge in [0.1, 0.15) is 11.2 Å². The van der Waals surface area contributed by atoms with Gasteiger partial charge in [-0.15, -0.1) is 0 Å². The first-order chi connectivity index (χ1) is 29.9. The molecule has 0 fully saturated rings. The molecular formula is C58H44N2O. The third-order valence-corrected chi connectivity index (χ3v) is 12.2. The molecule has 0 aliphatic rings. The van der Waals surface area contributed by atoms with Crippen LogP contribution in [0.4, 0.5) is 17.1 Å². The van der Waals surface area contributed by atoms with Crippen LogP contribution in [0.25, 0.3) is 82.8 Å². The molecule has 2 heterocycles. The molecule has 0 aliphatic carbocycles. The van der Waals surface area contributed by atoms with E-state index in [2.05, 4.69) is 243 Å². The summed E-state index contributed by atoms with van der Waals surface area (Å²) >= 11 is 0. The van der Waals surface area contributed by atoms with E-state index >= 15 is 0 Å². The predicted octanol–water partition coefficient (Wildman–Crippen LogP) is 16.5. The number of fused-ring (bicyclic) bond motifs is 6. The molecule has 0 bridgehead atoms. The van der Waals surface area contributed by atoms with E-state index in [1.54, 1.807) is 0 Å². The molecule has 3 nitrogen and oxygen atoms in total. The van der Waals surface area contributed by atoms with Crippen LogP contribution in [0.15, 0.2) is 217 Å². The number of benzene rings is 9. The molecule has 11 aromatic rings. The maximum absolute atomic E-state index is 6.34. The number of para-hydroxylation sites is 1. The van der Waals surface area contributed by atoms with E-state index in [1.807, 2.05) is 0 Å². The minimum Gasteiger partial charge on any atom is -0.456 e. The van der Waals surface area contributed by atoms with Gasteiger partial charge in [0.2, 0.25) is 0 Å². The van der Waals surface area contributed by atoms with Gasteiger partial charge in [-0.25, -0.2) is 0 Å². The normalized spacial score (nSPS) is 11.9. The second kappa shape index (κ2) is 14.6. The minimum atomic E-state index is 0.0455. The molecule has 0 atom stereocenters. The Kier molecular flexibility index (Phi) is 8.72. The van der Waals surface area contributed by atoms with E-state index in [1.165, 1.54) is 60.8 Å². The van der Waals surface area contributed by atoms with Crippen LogP contribution in [0, 0.1) is 0 Å². The molecule has 0 amide bonds. The Labute approximate surface area is 356 Å². The van der Waals surface area contributed by atoms with Gasteiger partial charge in [-0.1, -0.05) is 148 Å². The zero-order chi connectivity index (χ0) is 41.1. The van der Waals surface area contributed by atoms with Gasteiger partial charge in [0.15, 0.2) is 0 Å². The largest absolute Gasteiger partial charge is 0.456 e. The Hall–Kier alpha value is -7.62. The van der Waals surface area contributed by atoms with Crippen molar-refractivity contribution in [3.63, 3.8) is 0 Å². The summed E-state index contributed by atoms with van der Waals surface area (Å²) in [6, 6.07) is 76.7. The van der Waals surface area contributed by atoms with Crippen LogP contribution in [0.1, 0.15) is 26.3 Å². The monoisotopic (exact) mass is 784 g/mol. The zero-order valence-corrected chi connectivity index (χ0v) is 34.5. The Morgan fingerprint density at radius 2 is 0.820 bits per heavy atom. The van der Waals surface area contributed by atoms with Crippen LogP contribution >= 0.6 is 0 Å². The van der Waals surface area contributed by atoms with Crippen LogP contribution in [-0.4, -0.2) is 4.57 Å². The average Bonchev–Trinajstić information content (AvgIpc) is 3.85. The number of anilines is 3. The quantitative estimate of drug-likeness (QED) is 0.161. The van der Waals surface area contributed by atoms with Crippen LogP contribution in [-0.2, 0) is 5.41 Å². The van der Waals surface area contributed by atoms with Crippen molar-refractivity contribution in [1.82, 2.24) is 4.57 Å². The van der Waals surface area contributed by atoms with Crippen LogP contribution in [0.3, 0.4) is 0 Å².